The number of nitrogens with zero attached hydrogens (tertiary/aromatic N) is 4. The van der Waals surface area contributed by atoms with Crippen molar-refractivity contribution in [2.45, 2.75) is 20.8 Å². The second kappa shape index (κ2) is 4.89. The van der Waals surface area contributed by atoms with Crippen LogP contribution in [0, 0.1) is 20.8 Å². The fourth-order valence-electron chi connectivity index (χ4n) is 2.14. The summed E-state index contributed by atoms with van der Waals surface area (Å²) in [5.41, 5.74) is 5.34. The molecular weight excluding hydrogens is 248 g/mol. The summed E-state index contributed by atoms with van der Waals surface area (Å²) >= 11 is 0. The van der Waals surface area contributed by atoms with Crippen molar-refractivity contribution < 1.29 is 0 Å². The van der Waals surface area contributed by atoms with Gasteiger partial charge in [-0.3, -0.25) is 0 Å². The fourth-order valence-corrected chi connectivity index (χ4v) is 2.14. The first kappa shape index (κ1) is 12.5. The van der Waals surface area contributed by atoms with Crippen LogP contribution >= 0.6 is 0 Å². The van der Waals surface area contributed by atoms with Crippen LogP contribution < -0.4 is 0 Å². The zero-order valence-electron chi connectivity index (χ0n) is 11.8. The van der Waals surface area contributed by atoms with Gasteiger partial charge in [0.05, 0.1) is 6.20 Å². The van der Waals surface area contributed by atoms with E-state index in [1.165, 1.54) is 5.56 Å². The van der Waals surface area contributed by atoms with Crippen LogP contribution in [0.4, 0.5) is 0 Å². The van der Waals surface area contributed by atoms with Gasteiger partial charge in [-0.25, -0.2) is 14.6 Å². The summed E-state index contributed by atoms with van der Waals surface area (Å²) in [6, 6.07) is 10.3. The van der Waals surface area contributed by atoms with E-state index in [1.54, 1.807) is 4.68 Å². The van der Waals surface area contributed by atoms with Crippen LogP contribution in [0.2, 0.25) is 0 Å². The molecule has 100 valence electrons. The van der Waals surface area contributed by atoms with E-state index in [4.69, 9.17) is 0 Å². The summed E-state index contributed by atoms with van der Waals surface area (Å²) in [4.78, 5) is 8.83. The van der Waals surface area contributed by atoms with Crippen molar-refractivity contribution in [3.63, 3.8) is 0 Å². The number of hydrogen-bond acceptors (Lipinski definition) is 3. The van der Waals surface area contributed by atoms with Crippen molar-refractivity contribution in [3.05, 3.63) is 59.7 Å². The Morgan fingerprint density at radius 1 is 0.850 bits per heavy atom. The van der Waals surface area contributed by atoms with Gasteiger partial charge in [0, 0.05) is 23.1 Å². The molecule has 0 aliphatic rings. The van der Waals surface area contributed by atoms with Gasteiger partial charge in [0.1, 0.15) is 0 Å². The number of aryl methyl sites for hydroxylation is 3. The molecule has 0 N–H and O–H groups in total. The molecule has 3 aromatic rings. The second-order valence-electron chi connectivity index (χ2n) is 4.99. The van der Waals surface area contributed by atoms with E-state index in [-0.39, 0.29) is 0 Å². The summed E-state index contributed by atoms with van der Waals surface area (Å²) in [7, 11) is 0. The smallest absolute Gasteiger partial charge is 0.216 e. The lowest BCUT2D eigenvalue weighted by Crippen LogP contribution is -2.03. The molecule has 0 spiro atoms. The molecule has 0 aliphatic heterocycles. The lowest BCUT2D eigenvalue weighted by Gasteiger charge is -2.02. The Morgan fingerprint density at radius 2 is 1.50 bits per heavy atom. The standard InChI is InChI=1S/C16H16N4/c1-11-4-6-14(7-5-11)15-9-17-20(10-15)16-18-12(2)8-13(3)19-16/h4-10H,1-3H3. The lowest BCUT2D eigenvalue weighted by atomic mass is 10.1. The van der Waals surface area contributed by atoms with Crippen LogP contribution in [0.5, 0.6) is 0 Å². The summed E-state index contributed by atoms with van der Waals surface area (Å²) in [6.07, 6.45) is 3.80. The van der Waals surface area contributed by atoms with Crippen LogP contribution in [0.25, 0.3) is 17.1 Å². The molecule has 0 unspecified atom stereocenters. The maximum Gasteiger partial charge on any atom is 0.250 e. The first-order valence-electron chi connectivity index (χ1n) is 6.56. The van der Waals surface area contributed by atoms with Gasteiger partial charge in [0.15, 0.2) is 0 Å². The zero-order valence-corrected chi connectivity index (χ0v) is 11.8. The number of benzene rings is 1. The average molecular weight is 264 g/mol. The first-order chi connectivity index (χ1) is 9.61. The normalized spacial score (nSPS) is 10.8. The molecule has 0 radical (unpaired) electrons. The minimum atomic E-state index is 0.612. The molecule has 0 fully saturated rings. The van der Waals surface area contributed by atoms with Crippen molar-refractivity contribution in [1.82, 2.24) is 19.7 Å². The van der Waals surface area contributed by atoms with E-state index in [2.05, 4.69) is 46.3 Å². The third-order valence-electron chi connectivity index (χ3n) is 3.14. The topological polar surface area (TPSA) is 43.6 Å². The van der Waals surface area contributed by atoms with Crippen molar-refractivity contribution >= 4 is 0 Å². The van der Waals surface area contributed by atoms with Crippen LogP contribution in [-0.2, 0) is 0 Å². The number of hydrogen-bond donors (Lipinski definition) is 0. The van der Waals surface area contributed by atoms with E-state index in [0.29, 0.717) is 5.95 Å². The maximum atomic E-state index is 4.41. The monoisotopic (exact) mass is 264 g/mol. The molecule has 0 amide bonds. The third-order valence-corrected chi connectivity index (χ3v) is 3.14. The van der Waals surface area contributed by atoms with Gasteiger partial charge >= 0.3 is 0 Å². The van der Waals surface area contributed by atoms with Crippen LogP contribution in [-0.4, -0.2) is 19.7 Å². The summed E-state index contributed by atoms with van der Waals surface area (Å²) < 4.78 is 1.72. The Morgan fingerprint density at radius 3 is 2.15 bits per heavy atom. The van der Waals surface area contributed by atoms with Gasteiger partial charge in [-0.1, -0.05) is 29.8 Å². The predicted octanol–water partition coefficient (Wildman–Crippen LogP) is 3.25. The third kappa shape index (κ3) is 2.45. The summed E-state index contributed by atoms with van der Waals surface area (Å²) in [5, 5.41) is 4.36. The van der Waals surface area contributed by atoms with Gasteiger partial charge in [-0.2, -0.15) is 5.10 Å². The van der Waals surface area contributed by atoms with Crippen molar-refractivity contribution in [2.75, 3.05) is 0 Å². The fraction of sp³-hybridized carbons (Fsp3) is 0.188. The highest BCUT2D eigenvalue weighted by atomic mass is 15.3. The molecular formula is C16H16N4. The quantitative estimate of drug-likeness (QED) is 0.713. The molecule has 4 heteroatoms. The summed E-state index contributed by atoms with van der Waals surface area (Å²) in [5.74, 6) is 0.612. The van der Waals surface area contributed by atoms with Gasteiger partial charge in [0.25, 0.3) is 5.95 Å². The Labute approximate surface area is 118 Å². The maximum absolute atomic E-state index is 4.41. The molecule has 4 nitrogen and oxygen atoms in total. The molecule has 1 aromatic carbocycles. The minimum Gasteiger partial charge on any atom is -0.216 e. The SMILES string of the molecule is Cc1ccc(-c2cnn(-c3nc(C)cc(C)n3)c2)cc1. The van der Waals surface area contributed by atoms with Crippen molar-refractivity contribution in [2.24, 2.45) is 0 Å². The predicted molar refractivity (Wildman–Crippen MR) is 78.8 cm³/mol. The van der Waals surface area contributed by atoms with Gasteiger partial charge in [-0.05, 0) is 32.4 Å². The van der Waals surface area contributed by atoms with Gasteiger partial charge < -0.3 is 0 Å². The Balaban J connectivity index is 1.99. The molecule has 0 saturated heterocycles. The van der Waals surface area contributed by atoms with Crippen LogP contribution in [0.3, 0.4) is 0 Å². The molecule has 2 aromatic heterocycles. The Bertz CT molecular complexity index is 721. The number of aromatic nitrogens is 4. The Kier molecular flexibility index (Phi) is 3.06. The molecule has 20 heavy (non-hydrogen) atoms. The number of rotatable bonds is 2. The highest BCUT2D eigenvalue weighted by Gasteiger charge is 2.06. The van der Waals surface area contributed by atoms with Crippen molar-refractivity contribution in [1.29, 1.82) is 0 Å². The van der Waals surface area contributed by atoms with E-state index in [1.807, 2.05) is 32.3 Å². The Hall–Kier alpha value is -2.49. The molecule has 0 saturated carbocycles. The second-order valence-corrected chi connectivity index (χ2v) is 4.99. The summed E-state index contributed by atoms with van der Waals surface area (Å²) in [6.45, 7) is 6.00. The largest absolute Gasteiger partial charge is 0.250 e. The molecule has 0 atom stereocenters. The zero-order chi connectivity index (χ0) is 14.1. The van der Waals surface area contributed by atoms with E-state index in [9.17, 15) is 0 Å². The van der Waals surface area contributed by atoms with Gasteiger partial charge in [-0.15, -0.1) is 0 Å². The molecule has 3 rings (SSSR count). The van der Waals surface area contributed by atoms with Crippen molar-refractivity contribution in [3.8, 4) is 17.1 Å². The van der Waals surface area contributed by atoms with Gasteiger partial charge in [0.2, 0.25) is 0 Å². The molecule has 2 heterocycles. The minimum absolute atomic E-state index is 0.612. The van der Waals surface area contributed by atoms with E-state index >= 15 is 0 Å². The molecule has 0 bridgehead atoms. The van der Waals surface area contributed by atoms with Crippen LogP contribution in [0.15, 0.2) is 42.7 Å². The highest BCUT2D eigenvalue weighted by molar-refractivity contribution is 5.62. The molecule has 0 aliphatic carbocycles. The van der Waals surface area contributed by atoms with E-state index < -0.39 is 0 Å². The first-order valence-corrected chi connectivity index (χ1v) is 6.56. The lowest BCUT2D eigenvalue weighted by molar-refractivity contribution is 0.794. The average Bonchev–Trinajstić information content (AvgIpc) is 2.88. The van der Waals surface area contributed by atoms with E-state index in [0.717, 1.165) is 22.5 Å². The van der Waals surface area contributed by atoms with Crippen LogP contribution in [0.1, 0.15) is 17.0 Å². The highest BCUT2D eigenvalue weighted by Crippen LogP contribution is 2.19.